The van der Waals surface area contributed by atoms with Crippen molar-refractivity contribution >= 4 is 27.3 Å². The van der Waals surface area contributed by atoms with Gasteiger partial charge < -0.3 is 14.8 Å². The minimum absolute atomic E-state index is 0.0583. The van der Waals surface area contributed by atoms with Crippen molar-refractivity contribution in [2.24, 2.45) is 0 Å². The van der Waals surface area contributed by atoms with Crippen LogP contribution in [0.3, 0.4) is 0 Å². The van der Waals surface area contributed by atoms with Crippen LogP contribution in [0.2, 0.25) is 0 Å². The average molecular weight is 441 g/mol. The number of rotatable bonds is 8. The highest BCUT2D eigenvalue weighted by molar-refractivity contribution is 7.92. The van der Waals surface area contributed by atoms with E-state index in [2.05, 4.69) is 5.32 Å². The van der Waals surface area contributed by atoms with Crippen LogP contribution in [0.5, 0.6) is 11.5 Å². The summed E-state index contributed by atoms with van der Waals surface area (Å²) >= 11 is 0. The summed E-state index contributed by atoms with van der Waals surface area (Å²) in [5, 5.41) is 2.74. The molecule has 31 heavy (non-hydrogen) atoms. The van der Waals surface area contributed by atoms with E-state index in [9.17, 15) is 13.2 Å². The molecule has 0 unspecified atom stereocenters. The molecule has 0 radical (unpaired) electrons. The van der Waals surface area contributed by atoms with E-state index in [1.807, 2.05) is 19.1 Å². The van der Waals surface area contributed by atoms with Crippen LogP contribution in [0.1, 0.15) is 5.56 Å². The summed E-state index contributed by atoms with van der Waals surface area (Å²) in [5.41, 5.74) is 1.82. The molecular formula is C23H24N2O5S. The summed E-state index contributed by atoms with van der Waals surface area (Å²) in [5.74, 6) is 0.236. The fraction of sp³-hybridized carbons (Fsp3) is 0.174. The number of nitrogens with zero attached hydrogens (tertiary/aromatic N) is 1. The van der Waals surface area contributed by atoms with Crippen LogP contribution in [-0.4, -0.2) is 35.1 Å². The number of hydrogen-bond acceptors (Lipinski definition) is 5. The molecule has 0 aliphatic heterocycles. The highest BCUT2D eigenvalue weighted by atomic mass is 32.2. The van der Waals surface area contributed by atoms with Gasteiger partial charge in [-0.15, -0.1) is 0 Å². The Morgan fingerprint density at radius 1 is 0.935 bits per heavy atom. The van der Waals surface area contributed by atoms with Gasteiger partial charge in [0.05, 0.1) is 24.8 Å². The van der Waals surface area contributed by atoms with Crippen LogP contribution in [0.25, 0.3) is 0 Å². The van der Waals surface area contributed by atoms with Gasteiger partial charge in [0.2, 0.25) is 5.91 Å². The number of amides is 1. The molecule has 0 heterocycles. The molecular weight excluding hydrogens is 416 g/mol. The van der Waals surface area contributed by atoms with Gasteiger partial charge in [0.15, 0.2) is 0 Å². The molecule has 0 saturated carbocycles. The van der Waals surface area contributed by atoms with Gasteiger partial charge in [-0.3, -0.25) is 9.10 Å². The van der Waals surface area contributed by atoms with Gasteiger partial charge in [-0.05, 0) is 43.3 Å². The molecule has 0 fully saturated rings. The first kappa shape index (κ1) is 22.2. The summed E-state index contributed by atoms with van der Waals surface area (Å²) in [7, 11) is -1.16. The largest absolute Gasteiger partial charge is 0.497 e. The number of sulfonamides is 1. The second-order valence-corrected chi connectivity index (χ2v) is 8.64. The fourth-order valence-electron chi connectivity index (χ4n) is 2.98. The van der Waals surface area contributed by atoms with Crippen LogP contribution >= 0.6 is 0 Å². The third kappa shape index (κ3) is 5.16. The third-order valence-electron chi connectivity index (χ3n) is 4.61. The number of methoxy groups -OCH3 is 2. The summed E-state index contributed by atoms with van der Waals surface area (Å²) < 4.78 is 38.6. The number of benzene rings is 3. The second-order valence-electron chi connectivity index (χ2n) is 6.78. The molecule has 0 aromatic heterocycles. The van der Waals surface area contributed by atoms with E-state index in [0.29, 0.717) is 17.2 Å². The molecule has 1 amide bonds. The maximum Gasteiger partial charge on any atom is 0.264 e. The topological polar surface area (TPSA) is 84.9 Å². The molecule has 0 spiro atoms. The van der Waals surface area contributed by atoms with Gasteiger partial charge >= 0.3 is 0 Å². The van der Waals surface area contributed by atoms with Crippen molar-refractivity contribution in [2.45, 2.75) is 11.8 Å². The van der Waals surface area contributed by atoms with E-state index in [4.69, 9.17) is 9.47 Å². The van der Waals surface area contributed by atoms with Crippen molar-refractivity contribution in [1.29, 1.82) is 0 Å². The molecule has 7 nitrogen and oxygen atoms in total. The maximum atomic E-state index is 13.5. The van der Waals surface area contributed by atoms with E-state index in [1.54, 1.807) is 42.5 Å². The first-order valence-corrected chi connectivity index (χ1v) is 11.0. The summed E-state index contributed by atoms with van der Waals surface area (Å²) in [6.07, 6.45) is 0. The Kier molecular flexibility index (Phi) is 6.81. The lowest BCUT2D eigenvalue weighted by molar-refractivity contribution is -0.114. The lowest BCUT2D eigenvalue weighted by atomic mass is 10.2. The molecule has 3 rings (SSSR count). The number of carbonyl (C=O) groups excluding carboxylic acids is 1. The highest BCUT2D eigenvalue weighted by Gasteiger charge is 2.30. The Morgan fingerprint density at radius 2 is 1.61 bits per heavy atom. The Morgan fingerprint density at radius 3 is 2.23 bits per heavy atom. The molecule has 0 saturated heterocycles. The van der Waals surface area contributed by atoms with E-state index in [1.165, 1.54) is 32.4 Å². The van der Waals surface area contributed by atoms with Crippen molar-refractivity contribution in [3.05, 3.63) is 78.4 Å². The normalized spacial score (nSPS) is 10.9. The predicted molar refractivity (Wildman–Crippen MR) is 120 cm³/mol. The van der Waals surface area contributed by atoms with Gasteiger partial charge in [-0.1, -0.05) is 35.9 Å². The Hall–Kier alpha value is -3.52. The van der Waals surface area contributed by atoms with Gasteiger partial charge in [0, 0.05) is 11.8 Å². The minimum atomic E-state index is -4.07. The summed E-state index contributed by atoms with van der Waals surface area (Å²) in [6.45, 7) is 1.49. The zero-order valence-electron chi connectivity index (χ0n) is 17.5. The summed E-state index contributed by atoms with van der Waals surface area (Å²) in [4.78, 5) is 12.9. The summed E-state index contributed by atoms with van der Waals surface area (Å²) in [6, 6.07) is 19.9. The SMILES string of the molecule is COc1ccc(OC)c(N(CC(=O)Nc2ccc(C)cc2)S(=O)(=O)c2ccccc2)c1. The van der Waals surface area contributed by atoms with E-state index in [0.717, 1.165) is 9.87 Å². The third-order valence-corrected chi connectivity index (χ3v) is 6.38. The van der Waals surface area contributed by atoms with Crippen molar-refractivity contribution < 1.29 is 22.7 Å². The average Bonchev–Trinajstić information content (AvgIpc) is 2.79. The molecule has 8 heteroatoms. The van der Waals surface area contributed by atoms with Gasteiger partial charge in [-0.2, -0.15) is 0 Å². The predicted octanol–water partition coefficient (Wildman–Crippen LogP) is 3.85. The van der Waals surface area contributed by atoms with Crippen LogP contribution in [0, 0.1) is 6.92 Å². The van der Waals surface area contributed by atoms with Crippen molar-refractivity contribution in [2.75, 3.05) is 30.4 Å². The van der Waals surface area contributed by atoms with Crippen molar-refractivity contribution in [3.63, 3.8) is 0 Å². The molecule has 1 N–H and O–H groups in total. The zero-order valence-corrected chi connectivity index (χ0v) is 18.3. The number of carbonyl (C=O) groups is 1. The number of ether oxygens (including phenoxy) is 2. The lowest BCUT2D eigenvalue weighted by Gasteiger charge is -2.26. The second kappa shape index (κ2) is 9.53. The lowest BCUT2D eigenvalue weighted by Crippen LogP contribution is -2.38. The van der Waals surface area contributed by atoms with Crippen LogP contribution in [0.15, 0.2) is 77.7 Å². The number of anilines is 2. The molecule has 0 bridgehead atoms. The first-order valence-electron chi connectivity index (χ1n) is 9.51. The molecule has 0 atom stereocenters. The molecule has 0 aliphatic rings. The van der Waals surface area contributed by atoms with Crippen LogP contribution in [-0.2, 0) is 14.8 Å². The highest BCUT2D eigenvalue weighted by Crippen LogP contribution is 2.35. The molecule has 3 aromatic rings. The number of hydrogen-bond donors (Lipinski definition) is 1. The van der Waals surface area contributed by atoms with Gasteiger partial charge in [-0.25, -0.2) is 8.42 Å². The number of aryl methyl sites for hydroxylation is 1. The van der Waals surface area contributed by atoms with E-state index >= 15 is 0 Å². The van der Waals surface area contributed by atoms with E-state index in [-0.39, 0.29) is 10.6 Å². The van der Waals surface area contributed by atoms with Crippen molar-refractivity contribution in [1.82, 2.24) is 0 Å². The monoisotopic (exact) mass is 440 g/mol. The van der Waals surface area contributed by atoms with Gasteiger partial charge in [0.25, 0.3) is 10.0 Å². The maximum absolute atomic E-state index is 13.5. The smallest absolute Gasteiger partial charge is 0.264 e. The first-order chi connectivity index (χ1) is 14.8. The van der Waals surface area contributed by atoms with Crippen LogP contribution in [0.4, 0.5) is 11.4 Å². The Balaban J connectivity index is 2.03. The standard InChI is InChI=1S/C23H24N2O5S/c1-17-9-11-18(12-10-17)24-23(26)16-25(31(27,28)20-7-5-4-6-8-20)21-15-19(29-2)13-14-22(21)30-3/h4-15H,16H2,1-3H3,(H,24,26). The zero-order chi connectivity index (χ0) is 22.4. The Labute approximate surface area is 182 Å². The van der Waals surface area contributed by atoms with E-state index < -0.39 is 22.5 Å². The number of nitrogens with one attached hydrogen (secondary N) is 1. The Bertz CT molecular complexity index is 1150. The molecule has 3 aromatic carbocycles. The minimum Gasteiger partial charge on any atom is -0.497 e. The van der Waals surface area contributed by atoms with Gasteiger partial charge in [0.1, 0.15) is 18.0 Å². The fourth-order valence-corrected chi connectivity index (χ4v) is 4.42. The molecule has 162 valence electrons. The molecule has 0 aliphatic carbocycles. The quantitative estimate of drug-likeness (QED) is 0.575. The van der Waals surface area contributed by atoms with Crippen molar-refractivity contribution in [3.8, 4) is 11.5 Å². The van der Waals surface area contributed by atoms with Crippen LogP contribution < -0.4 is 19.1 Å².